The standard InChI is InChI=1S/C18H25N5/c1-21-11-9-18(14-21)8-5-10-22(15-18)12-16-13-23(20-19-16)17-6-3-2-4-7-17/h2-4,6-7,13H,5,8-12,14-15H2,1H3/t18-/m1/s1. The first-order chi connectivity index (χ1) is 11.2. The van der Waals surface area contributed by atoms with E-state index >= 15 is 0 Å². The van der Waals surface area contributed by atoms with Crippen molar-refractivity contribution in [2.45, 2.75) is 25.8 Å². The van der Waals surface area contributed by atoms with Gasteiger partial charge < -0.3 is 4.90 Å². The zero-order valence-corrected chi connectivity index (χ0v) is 13.9. The average Bonchev–Trinajstić information content (AvgIpc) is 3.16. The van der Waals surface area contributed by atoms with Crippen LogP contribution in [0.2, 0.25) is 0 Å². The number of para-hydroxylation sites is 1. The van der Waals surface area contributed by atoms with Crippen LogP contribution in [0.15, 0.2) is 36.5 Å². The lowest BCUT2D eigenvalue weighted by atomic mass is 9.79. The predicted octanol–water partition coefficient (Wildman–Crippen LogP) is 2.18. The van der Waals surface area contributed by atoms with Gasteiger partial charge in [0, 0.05) is 19.6 Å². The summed E-state index contributed by atoms with van der Waals surface area (Å²) in [7, 11) is 2.25. The number of hydrogen-bond donors (Lipinski definition) is 0. The SMILES string of the molecule is CN1CC[C@]2(CCCN(Cc3cn(-c4ccccc4)nn3)C2)C1. The van der Waals surface area contributed by atoms with Crippen molar-refractivity contribution in [1.29, 1.82) is 0 Å². The first-order valence-corrected chi connectivity index (χ1v) is 8.60. The molecule has 1 aromatic carbocycles. The van der Waals surface area contributed by atoms with Crippen LogP contribution in [0.3, 0.4) is 0 Å². The van der Waals surface area contributed by atoms with Crippen molar-refractivity contribution >= 4 is 0 Å². The maximum absolute atomic E-state index is 4.38. The number of piperidine rings is 1. The van der Waals surface area contributed by atoms with Crippen LogP contribution in [-0.2, 0) is 6.54 Å². The van der Waals surface area contributed by atoms with Crippen LogP contribution >= 0.6 is 0 Å². The molecule has 0 saturated carbocycles. The van der Waals surface area contributed by atoms with Gasteiger partial charge in [0.25, 0.3) is 0 Å². The highest BCUT2D eigenvalue weighted by Gasteiger charge is 2.40. The monoisotopic (exact) mass is 311 g/mol. The summed E-state index contributed by atoms with van der Waals surface area (Å²) in [5.74, 6) is 0. The topological polar surface area (TPSA) is 37.2 Å². The molecular weight excluding hydrogens is 286 g/mol. The van der Waals surface area contributed by atoms with E-state index in [2.05, 4.69) is 45.5 Å². The van der Waals surface area contributed by atoms with Crippen molar-refractivity contribution in [3.63, 3.8) is 0 Å². The fourth-order valence-corrected chi connectivity index (χ4v) is 4.24. The lowest BCUT2D eigenvalue weighted by Gasteiger charge is -2.40. The molecule has 2 saturated heterocycles. The van der Waals surface area contributed by atoms with E-state index in [1.165, 1.54) is 45.4 Å². The Morgan fingerprint density at radius 2 is 1.96 bits per heavy atom. The number of rotatable bonds is 3. The molecule has 2 aromatic rings. The molecule has 122 valence electrons. The van der Waals surface area contributed by atoms with Crippen LogP contribution in [0.25, 0.3) is 5.69 Å². The Morgan fingerprint density at radius 1 is 1.09 bits per heavy atom. The van der Waals surface area contributed by atoms with Gasteiger partial charge in [-0.25, -0.2) is 4.68 Å². The largest absolute Gasteiger partial charge is 0.306 e. The molecule has 1 aromatic heterocycles. The van der Waals surface area contributed by atoms with Crippen LogP contribution in [-0.4, -0.2) is 58.0 Å². The van der Waals surface area contributed by atoms with Crippen molar-refractivity contribution in [3.8, 4) is 5.69 Å². The highest BCUT2D eigenvalue weighted by Crippen LogP contribution is 2.38. The van der Waals surface area contributed by atoms with Crippen LogP contribution in [0.5, 0.6) is 0 Å². The number of hydrogen-bond acceptors (Lipinski definition) is 4. The smallest absolute Gasteiger partial charge is 0.0971 e. The highest BCUT2D eigenvalue weighted by molar-refractivity contribution is 5.29. The van der Waals surface area contributed by atoms with Gasteiger partial charge >= 0.3 is 0 Å². The van der Waals surface area contributed by atoms with Gasteiger partial charge in [-0.2, -0.15) is 0 Å². The minimum Gasteiger partial charge on any atom is -0.306 e. The number of likely N-dealkylation sites (tertiary alicyclic amines) is 2. The Balaban J connectivity index is 1.43. The zero-order chi connectivity index (χ0) is 15.7. The van der Waals surface area contributed by atoms with E-state index < -0.39 is 0 Å². The van der Waals surface area contributed by atoms with Gasteiger partial charge in [-0.3, -0.25) is 4.90 Å². The summed E-state index contributed by atoms with van der Waals surface area (Å²) in [5.41, 5.74) is 2.65. The average molecular weight is 311 g/mol. The normalized spacial score (nSPS) is 26.1. The first-order valence-electron chi connectivity index (χ1n) is 8.60. The minimum atomic E-state index is 0.516. The first kappa shape index (κ1) is 14.8. The van der Waals surface area contributed by atoms with Crippen LogP contribution in [0, 0.1) is 5.41 Å². The van der Waals surface area contributed by atoms with E-state index in [0.717, 1.165) is 17.9 Å². The molecule has 0 radical (unpaired) electrons. The van der Waals surface area contributed by atoms with Crippen LogP contribution in [0.4, 0.5) is 0 Å². The highest BCUT2D eigenvalue weighted by atomic mass is 15.4. The molecule has 1 spiro atoms. The summed E-state index contributed by atoms with van der Waals surface area (Å²) < 4.78 is 1.87. The summed E-state index contributed by atoms with van der Waals surface area (Å²) >= 11 is 0. The molecule has 2 aliphatic rings. The zero-order valence-electron chi connectivity index (χ0n) is 13.9. The Hall–Kier alpha value is -1.72. The maximum atomic E-state index is 4.38. The second kappa shape index (κ2) is 6.06. The molecule has 2 fully saturated rings. The third kappa shape index (κ3) is 3.16. The Morgan fingerprint density at radius 3 is 2.74 bits per heavy atom. The fraction of sp³-hybridized carbons (Fsp3) is 0.556. The van der Waals surface area contributed by atoms with E-state index in [9.17, 15) is 0 Å². The van der Waals surface area contributed by atoms with Gasteiger partial charge in [-0.05, 0) is 56.9 Å². The fourth-order valence-electron chi connectivity index (χ4n) is 4.24. The third-order valence-electron chi connectivity index (χ3n) is 5.32. The van der Waals surface area contributed by atoms with Gasteiger partial charge in [0.1, 0.15) is 0 Å². The van der Waals surface area contributed by atoms with E-state index in [-0.39, 0.29) is 0 Å². The molecule has 0 bridgehead atoms. The molecule has 0 N–H and O–H groups in total. The second-order valence-electron chi connectivity index (χ2n) is 7.29. The predicted molar refractivity (Wildman–Crippen MR) is 90.4 cm³/mol. The van der Waals surface area contributed by atoms with Gasteiger partial charge in [-0.1, -0.05) is 23.4 Å². The molecule has 5 nitrogen and oxygen atoms in total. The van der Waals surface area contributed by atoms with Crippen molar-refractivity contribution < 1.29 is 0 Å². The summed E-state index contributed by atoms with van der Waals surface area (Å²) in [5, 5.41) is 8.66. The number of benzene rings is 1. The molecule has 0 amide bonds. The van der Waals surface area contributed by atoms with E-state index in [4.69, 9.17) is 0 Å². The summed E-state index contributed by atoms with van der Waals surface area (Å²) in [6, 6.07) is 10.2. The summed E-state index contributed by atoms with van der Waals surface area (Å²) in [6.07, 6.45) is 6.10. The molecule has 3 heterocycles. The molecule has 5 heteroatoms. The number of nitrogens with zero attached hydrogens (tertiary/aromatic N) is 5. The lowest BCUT2D eigenvalue weighted by Crippen LogP contribution is -2.44. The second-order valence-corrected chi connectivity index (χ2v) is 7.29. The summed E-state index contributed by atoms with van der Waals surface area (Å²) in [4.78, 5) is 5.05. The van der Waals surface area contributed by atoms with Gasteiger partial charge in [-0.15, -0.1) is 5.10 Å². The van der Waals surface area contributed by atoms with Gasteiger partial charge in [0.05, 0.1) is 17.6 Å². The van der Waals surface area contributed by atoms with E-state index in [1.54, 1.807) is 0 Å². The Kier molecular flexibility index (Phi) is 3.91. The molecular formula is C18H25N5. The van der Waals surface area contributed by atoms with Crippen molar-refractivity contribution in [1.82, 2.24) is 24.8 Å². The quantitative estimate of drug-likeness (QED) is 0.871. The van der Waals surface area contributed by atoms with Gasteiger partial charge in [0.2, 0.25) is 0 Å². The lowest BCUT2D eigenvalue weighted by molar-refractivity contribution is 0.0890. The van der Waals surface area contributed by atoms with Crippen LogP contribution < -0.4 is 0 Å². The maximum Gasteiger partial charge on any atom is 0.0971 e. The van der Waals surface area contributed by atoms with Crippen LogP contribution in [0.1, 0.15) is 25.0 Å². The summed E-state index contributed by atoms with van der Waals surface area (Å²) in [6.45, 7) is 5.80. The van der Waals surface area contributed by atoms with Crippen molar-refractivity contribution in [3.05, 3.63) is 42.2 Å². The molecule has 1 atom stereocenters. The van der Waals surface area contributed by atoms with Gasteiger partial charge in [0.15, 0.2) is 0 Å². The molecule has 23 heavy (non-hydrogen) atoms. The Labute approximate surface area is 137 Å². The van der Waals surface area contributed by atoms with E-state index in [1.807, 2.05) is 22.9 Å². The molecule has 0 aliphatic carbocycles. The van der Waals surface area contributed by atoms with Crippen molar-refractivity contribution in [2.75, 3.05) is 33.2 Å². The minimum absolute atomic E-state index is 0.516. The molecule has 0 unspecified atom stereocenters. The number of aromatic nitrogens is 3. The van der Waals surface area contributed by atoms with E-state index in [0.29, 0.717) is 5.41 Å². The third-order valence-corrected chi connectivity index (χ3v) is 5.32. The molecule has 2 aliphatic heterocycles. The Bertz CT molecular complexity index is 648. The molecule has 4 rings (SSSR count). The van der Waals surface area contributed by atoms with Crippen molar-refractivity contribution in [2.24, 2.45) is 5.41 Å².